The molecule has 7 heteroatoms. The van der Waals surface area contributed by atoms with Crippen LogP contribution in [0.15, 0.2) is 18.2 Å². The van der Waals surface area contributed by atoms with E-state index in [1.165, 1.54) is 0 Å². The third-order valence-electron chi connectivity index (χ3n) is 3.04. The van der Waals surface area contributed by atoms with Crippen molar-refractivity contribution >= 4 is 24.0 Å². The summed E-state index contributed by atoms with van der Waals surface area (Å²) in [4.78, 5) is 12.1. The summed E-state index contributed by atoms with van der Waals surface area (Å²) in [5.41, 5.74) is 0.622. The zero-order chi connectivity index (χ0) is 13.1. The number of halogens is 1. The maximum atomic E-state index is 12.1. The van der Waals surface area contributed by atoms with Crippen molar-refractivity contribution in [3.8, 4) is 11.5 Å². The van der Waals surface area contributed by atoms with Crippen molar-refractivity contribution in [3.63, 3.8) is 0 Å². The number of amides is 1. The average Bonchev–Trinajstić information content (AvgIpc) is 2.48. The minimum Gasteiger partial charge on any atom is -0.486 e. The molecule has 0 radical (unpaired) electrons. The lowest BCUT2D eigenvalue weighted by atomic mass is 10.2. The van der Waals surface area contributed by atoms with E-state index in [2.05, 4.69) is 10.6 Å². The number of anilines is 1. The lowest BCUT2D eigenvalue weighted by molar-refractivity contribution is -0.128. The van der Waals surface area contributed by atoms with Crippen molar-refractivity contribution in [1.82, 2.24) is 5.32 Å². The Hall–Kier alpha value is -1.50. The Balaban J connectivity index is 0.00000147. The molecular formula is C13H17ClN2O4. The predicted molar refractivity (Wildman–Crippen MR) is 75.9 cm³/mol. The number of benzene rings is 1. The van der Waals surface area contributed by atoms with Gasteiger partial charge >= 0.3 is 0 Å². The fourth-order valence-electron chi connectivity index (χ4n) is 2.12. The maximum Gasteiger partial charge on any atom is 0.254 e. The van der Waals surface area contributed by atoms with Gasteiger partial charge < -0.3 is 24.8 Å². The first kappa shape index (κ1) is 14.9. The van der Waals surface area contributed by atoms with E-state index < -0.39 is 6.10 Å². The molecule has 110 valence electrons. The van der Waals surface area contributed by atoms with Crippen LogP contribution >= 0.6 is 12.4 Å². The number of carbonyl (C=O) groups excluding carboxylic acids is 1. The van der Waals surface area contributed by atoms with Crippen LogP contribution in [0.4, 0.5) is 5.69 Å². The van der Waals surface area contributed by atoms with Gasteiger partial charge in [-0.1, -0.05) is 6.07 Å². The molecule has 1 fully saturated rings. The van der Waals surface area contributed by atoms with Gasteiger partial charge in [-0.15, -0.1) is 12.4 Å². The van der Waals surface area contributed by atoms with Crippen LogP contribution in [0.5, 0.6) is 11.5 Å². The molecule has 0 spiro atoms. The lowest BCUT2D eigenvalue weighted by Crippen LogP contribution is -2.45. The minimum absolute atomic E-state index is 0. The van der Waals surface area contributed by atoms with Crippen LogP contribution in [-0.4, -0.2) is 44.9 Å². The number of fused-ring (bicyclic) bond motifs is 1. The normalized spacial score (nSPS) is 20.7. The summed E-state index contributed by atoms with van der Waals surface area (Å²) in [6, 6.07) is 5.44. The van der Waals surface area contributed by atoms with Crippen molar-refractivity contribution in [1.29, 1.82) is 0 Å². The number of morpholine rings is 1. The molecule has 2 aliphatic rings. The molecule has 1 aromatic carbocycles. The smallest absolute Gasteiger partial charge is 0.254 e. The zero-order valence-corrected chi connectivity index (χ0v) is 11.7. The Morgan fingerprint density at radius 2 is 2.10 bits per heavy atom. The van der Waals surface area contributed by atoms with Crippen molar-refractivity contribution in [3.05, 3.63) is 18.2 Å². The second kappa shape index (κ2) is 6.78. The molecule has 20 heavy (non-hydrogen) atoms. The monoisotopic (exact) mass is 300 g/mol. The highest BCUT2D eigenvalue weighted by molar-refractivity contribution is 5.96. The fourth-order valence-corrected chi connectivity index (χ4v) is 2.12. The molecule has 1 atom stereocenters. The van der Waals surface area contributed by atoms with Gasteiger partial charge in [0.1, 0.15) is 19.3 Å². The Morgan fingerprint density at radius 3 is 2.90 bits per heavy atom. The molecule has 0 saturated carbocycles. The van der Waals surface area contributed by atoms with Gasteiger partial charge in [0.05, 0.1) is 12.3 Å². The summed E-state index contributed by atoms with van der Waals surface area (Å²) in [6.07, 6.45) is -0.464. The summed E-state index contributed by atoms with van der Waals surface area (Å²) in [5, 5.41) is 5.95. The molecule has 0 bridgehead atoms. The summed E-state index contributed by atoms with van der Waals surface area (Å²) >= 11 is 0. The van der Waals surface area contributed by atoms with Crippen LogP contribution in [0, 0.1) is 0 Å². The summed E-state index contributed by atoms with van der Waals surface area (Å²) in [7, 11) is 0. The molecule has 1 aromatic rings. The molecule has 0 aromatic heterocycles. The minimum atomic E-state index is -0.464. The molecule has 0 aliphatic carbocycles. The summed E-state index contributed by atoms with van der Waals surface area (Å²) < 4.78 is 16.4. The standard InChI is InChI=1S/C13H16N2O4.ClH/c16-13(11-8-14-4-5-17-11)15-9-2-1-3-10-12(9)19-7-6-18-10;/h1-3,11,14H,4-8H2,(H,15,16);1H. The first-order valence-electron chi connectivity index (χ1n) is 6.36. The van der Waals surface area contributed by atoms with Gasteiger partial charge in [0, 0.05) is 13.1 Å². The van der Waals surface area contributed by atoms with Crippen LogP contribution < -0.4 is 20.1 Å². The topological polar surface area (TPSA) is 68.8 Å². The number of hydrogen-bond acceptors (Lipinski definition) is 5. The molecule has 2 aliphatic heterocycles. The first-order valence-corrected chi connectivity index (χ1v) is 6.36. The van der Waals surface area contributed by atoms with Gasteiger partial charge in [-0.3, -0.25) is 4.79 Å². The van der Waals surface area contributed by atoms with E-state index in [1.807, 2.05) is 12.1 Å². The van der Waals surface area contributed by atoms with E-state index in [1.54, 1.807) is 6.07 Å². The second-order valence-electron chi connectivity index (χ2n) is 4.38. The lowest BCUT2D eigenvalue weighted by Gasteiger charge is -2.24. The Morgan fingerprint density at radius 1 is 1.25 bits per heavy atom. The molecule has 1 amide bonds. The molecule has 2 N–H and O–H groups in total. The van der Waals surface area contributed by atoms with Gasteiger partial charge in [0.2, 0.25) is 0 Å². The van der Waals surface area contributed by atoms with E-state index in [-0.39, 0.29) is 18.3 Å². The average molecular weight is 301 g/mol. The highest BCUT2D eigenvalue weighted by Gasteiger charge is 2.24. The van der Waals surface area contributed by atoms with E-state index in [0.717, 1.165) is 6.54 Å². The van der Waals surface area contributed by atoms with Crippen molar-refractivity contribution in [2.45, 2.75) is 6.10 Å². The van der Waals surface area contributed by atoms with Crippen LogP contribution in [-0.2, 0) is 9.53 Å². The number of hydrogen-bond donors (Lipinski definition) is 2. The summed E-state index contributed by atoms with van der Waals surface area (Å²) in [5.74, 6) is 1.08. The van der Waals surface area contributed by atoms with Crippen molar-refractivity contribution < 1.29 is 19.0 Å². The number of ether oxygens (including phenoxy) is 3. The Bertz CT molecular complexity index is 477. The molecule has 1 unspecified atom stereocenters. The first-order chi connectivity index (χ1) is 9.34. The third kappa shape index (κ3) is 3.15. The molecule has 3 rings (SSSR count). The second-order valence-corrected chi connectivity index (χ2v) is 4.38. The van der Waals surface area contributed by atoms with E-state index in [9.17, 15) is 4.79 Å². The maximum absolute atomic E-state index is 12.1. The van der Waals surface area contributed by atoms with E-state index >= 15 is 0 Å². The van der Waals surface area contributed by atoms with Crippen LogP contribution in [0.3, 0.4) is 0 Å². The molecule has 1 saturated heterocycles. The number of para-hydroxylation sites is 1. The SMILES string of the molecule is Cl.O=C(Nc1cccc2c1OCCO2)C1CNCCO1. The van der Waals surface area contributed by atoms with E-state index in [0.29, 0.717) is 43.6 Å². The highest BCUT2D eigenvalue weighted by Crippen LogP contribution is 2.37. The van der Waals surface area contributed by atoms with Gasteiger partial charge in [-0.05, 0) is 12.1 Å². The molecular weight excluding hydrogens is 284 g/mol. The quantitative estimate of drug-likeness (QED) is 0.846. The zero-order valence-electron chi connectivity index (χ0n) is 10.9. The van der Waals surface area contributed by atoms with Gasteiger partial charge in [0.15, 0.2) is 11.5 Å². The van der Waals surface area contributed by atoms with Gasteiger partial charge in [-0.25, -0.2) is 0 Å². The predicted octanol–water partition coefficient (Wildman–Crippen LogP) is 0.806. The molecule has 2 heterocycles. The van der Waals surface area contributed by atoms with Crippen LogP contribution in [0.25, 0.3) is 0 Å². The van der Waals surface area contributed by atoms with Crippen LogP contribution in [0.2, 0.25) is 0 Å². The van der Waals surface area contributed by atoms with Crippen molar-refractivity contribution in [2.75, 3.05) is 38.2 Å². The number of nitrogens with one attached hydrogen (secondary N) is 2. The fraction of sp³-hybridized carbons (Fsp3) is 0.462. The van der Waals surface area contributed by atoms with Gasteiger partial charge in [0.25, 0.3) is 5.91 Å². The van der Waals surface area contributed by atoms with E-state index in [4.69, 9.17) is 14.2 Å². The van der Waals surface area contributed by atoms with Gasteiger partial charge in [-0.2, -0.15) is 0 Å². The molecule has 6 nitrogen and oxygen atoms in total. The number of rotatable bonds is 2. The Kier molecular flexibility index (Phi) is 5.05. The third-order valence-corrected chi connectivity index (χ3v) is 3.04. The van der Waals surface area contributed by atoms with Crippen LogP contribution in [0.1, 0.15) is 0 Å². The Labute approximate surface area is 123 Å². The number of carbonyl (C=O) groups is 1. The summed E-state index contributed by atoms with van der Waals surface area (Å²) in [6.45, 7) is 2.87. The highest BCUT2D eigenvalue weighted by atomic mass is 35.5. The largest absolute Gasteiger partial charge is 0.486 e. The van der Waals surface area contributed by atoms with Crippen molar-refractivity contribution in [2.24, 2.45) is 0 Å².